The molecule has 6 heteroatoms. The molecule has 6 rings (SSSR count). The smallest absolute Gasteiger partial charge is 0.281 e. The first-order valence-corrected chi connectivity index (χ1v) is 12.3. The molecule has 1 fully saturated rings. The van der Waals surface area contributed by atoms with Crippen molar-refractivity contribution in [3.8, 4) is 5.88 Å². The van der Waals surface area contributed by atoms with Crippen LogP contribution >= 0.6 is 0 Å². The molecule has 2 atom stereocenters. The summed E-state index contributed by atoms with van der Waals surface area (Å²) in [6.07, 6.45) is 6.69. The summed E-state index contributed by atoms with van der Waals surface area (Å²) in [7, 11) is 0. The summed E-state index contributed by atoms with van der Waals surface area (Å²) in [6, 6.07) is 28.0. The van der Waals surface area contributed by atoms with Gasteiger partial charge in [-0.15, -0.1) is 0 Å². The zero-order valence-electron chi connectivity index (χ0n) is 19.8. The van der Waals surface area contributed by atoms with Crippen molar-refractivity contribution in [2.75, 3.05) is 6.61 Å². The van der Waals surface area contributed by atoms with Gasteiger partial charge in [0.2, 0.25) is 5.88 Å². The molecular formula is C30H26N4O2. The second kappa shape index (κ2) is 9.74. The van der Waals surface area contributed by atoms with Crippen LogP contribution in [0.1, 0.15) is 36.4 Å². The number of amides is 1. The normalized spacial score (nSPS) is 20.3. The lowest BCUT2D eigenvalue weighted by atomic mass is 9.77. The van der Waals surface area contributed by atoms with Crippen LogP contribution in [0.2, 0.25) is 0 Å². The molecule has 0 radical (unpaired) electrons. The first-order valence-electron chi connectivity index (χ1n) is 12.3. The molecule has 0 bridgehead atoms. The molecule has 178 valence electrons. The fourth-order valence-corrected chi connectivity index (χ4v) is 5.23. The molecule has 1 aliphatic carbocycles. The number of allylic oxidation sites excluding steroid dienone is 1. The number of aromatic nitrogens is 2. The fraction of sp³-hybridized carbons (Fsp3) is 0.200. The van der Waals surface area contributed by atoms with E-state index in [1.807, 2.05) is 60.7 Å². The Morgan fingerprint density at radius 3 is 2.53 bits per heavy atom. The highest BCUT2D eigenvalue weighted by atomic mass is 16.5. The standard InChI is InChI=1S/C30H26N4O2/c35-27(19-36-30-24-15-7-8-17-26(24)31-20-32-30)34-29(22-12-5-2-6-13-22)25-16-9-14-23(28(25)33-34)18-21-10-3-1-4-11-21/h1-8,10-13,15,17-18,20,25,29H,9,14,16,19H2. The average molecular weight is 475 g/mol. The quantitative estimate of drug-likeness (QED) is 0.365. The lowest BCUT2D eigenvalue weighted by molar-refractivity contribution is -0.135. The van der Waals surface area contributed by atoms with E-state index >= 15 is 0 Å². The average Bonchev–Trinajstić information content (AvgIpc) is 3.34. The number of nitrogens with zero attached hydrogens (tertiary/aromatic N) is 4. The number of fused-ring (bicyclic) bond motifs is 2. The van der Waals surface area contributed by atoms with Gasteiger partial charge in [-0.2, -0.15) is 5.10 Å². The number of carbonyl (C=O) groups is 1. The maximum absolute atomic E-state index is 13.6. The lowest BCUT2D eigenvalue weighted by Gasteiger charge is -2.29. The van der Waals surface area contributed by atoms with Crippen LogP contribution in [0.3, 0.4) is 0 Å². The molecule has 1 saturated carbocycles. The Morgan fingerprint density at radius 1 is 0.944 bits per heavy atom. The molecule has 4 aromatic rings. The van der Waals surface area contributed by atoms with E-state index in [0.717, 1.165) is 47.0 Å². The highest BCUT2D eigenvalue weighted by Gasteiger charge is 2.43. The van der Waals surface area contributed by atoms with E-state index < -0.39 is 0 Å². The first-order chi connectivity index (χ1) is 17.8. The Kier molecular flexibility index (Phi) is 6.00. The van der Waals surface area contributed by atoms with E-state index in [1.54, 1.807) is 5.01 Å². The Morgan fingerprint density at radius 2 is 1.69 bits per heavy atom. The summed E-state index contributed by atoms with van der Waals surface area (Å²) >= 11 is 0. The highest BCUT2D eigenvalue weighted by molar-refractivity contribution is 6.08. The van der Waals surface area contributed by atoms with Gasteiger partial charge in [0.1, 0.15) is 6.33 Å². The van der Waals surface area contributed by atoms with Crippen molar-refractivity contribution in [2.24, 2.45) is 11.0 Å². The number of benzene rings is 3. The third kappa shape index (κ3) is 4.26. The van der Waals surface area contributed by atoms with Gasteiger partial charge in [-0.05, 0) is 54.2 Å². The second-order valence-corrected chi connectivity index (χ2v) is 9.14. The van der Waals surface area contributed by atoms with E-state index in [-0.39, 0.29) is 24.5 Å². The summed E-state index contributed by atoms with van der Waals surface area (Å²) < 4.78 is 5.93. The maximum atomic E-state index is 13.6. The van der Waals surface area contributed by atoms with Gasteiger partial charge in [-0.1, -0.05) is 72.8 Å². The van der Waals surface area contributed by atoms with Gasteiger partial charge >= 0.3 is 0 Å². The van der Waals surface area contributed by atoms with Crippen LogP contribution in [0.25, 0.3) is 17.0 Å². The van der Waals surface area contributed by atoms with Crippen molar-refractivity contribution in [3.63, 3.8) is 0 Å². The van der Waals surface area contributed by atoms with Gasteiger partial charge in [0.15, 0.2) is 6.61 Å². The Balaban J connectivity index is 1.32. The van der Waals surface area contributed by atoms with Crippen molar-refractivity contribution in [1.29, 1.82) is 0 Å². The van der Waals surface area contributed by atoms with Crippen molar-refractivity contribution >= 4 is 28.6 Å². The predicted molar refractivity (Wildman–Crippen MR) is 140 cm³/mol. The Bertz CT molecular complexity index is 1440. The fourth-order valence-electron chi connectivity index (χ4n) is 5.23. The van der Waals surface area contributed by atoms with Crippen LogP contribution in [0, 0.1) is 5.92 Å². The minimum atomic E-state index is -0.187. The molecule has 1 aliphatic heterocycles. The molecule has 3 aromatic carbocycles. The number of rotatable bonds is 5. The summed E-state index contributed by atoms with van der Waals surface area (Å²) in [6.45, 7) is -0.147. The van der Waals surface area contributed by atoms with Crippen LogP contribution in [0.4, 0.5) is 0 Å². The molecule has 1 amide bonds. The van der Waals surface area contributed by atoms with E-state index in [1.165, 1.54) is 11.9 Å². The van der Waals surface area contributed by atoms with E-state index in [9.17, 15) is 4.79 Å². The number of para-hydroxylation sites is 1. The molecule has 0 saturated heterocycles. The maximum Gasteiger partial charge on any atom is 0.281 e. The number of hydrazone groups is 1. The van der Waals surface area contributed by atoms with E-state index in [0.29, 0.717) is 5.88 Å². The van der Waals surface area contributed by atoms with Crippen LogP contribution in [0.5, 0.6) is 5.88 Å². The minimum absolute atomic E-state index is 0.147. The molecular weight excluding hydrogens is 448 g/mol. The van der Waals surface area contributed by atoms with Gasteiger partial charge in [-0.3, -0.25) is 4.79 Å². The van der Waals surface area contributed by atoms with Gasteiger partial charge in [0.05, 0.1) is 22.7 Å². The van der Waals surface area contributed by atoms with Gasteiger partial charge < -0.3 is 4.74 Å². The SMILES string of the molecule is O=C(COc1ncnc2ccccc12)N1N=C2C(=Cc3ccccc3)CCCC2C1c1ccccc1. The minimum Gasteiger partial charge on any atom is -0.467 e. The lowest BCUT2D eigenvalue weighted by Crippen LogP contribution is -2.34. The van der Waals surface area contributed by atoms with Crippen molar-refractivity contribution < 1.29 is 9.53 Å². The molecule has 2 heterocycles. The molecule has 2 unspecified atom stereocenters. The number of hydrogen-bond donors (Lipinski definition) is 0. The molecule has 36 heavy (non-hydrogen) atoms. The van der Waals surface area contributed by atoms with Crippen LogP contribution in [0.15, 0.2) is 102 Å². The number of hydrogen-bond acceptors (Lipinski definition) is 5. The zero-order chi connectivity index (χ0) is 24.3. The summed E-state index contributed by atoms with van der Waals surface area (Å²) in [4.78, 5) is 22.1. The Labute approximate surface area is 210 Å². The molecule has 1 aromatic heterocycles. The largest absolute Gasteiger partial charge is 0.467 e. The van der Waals surface area contributed by atoms with Crippen LogP contribution in [-0.4, -0.2) is 33.2 Å². The summed E-state index contributed by atoms with van der Waals surface area (Å²) in [5.74, 6) is 0.367. The van der Waals surface area contributed by atoms with E-state index in [2.05, 4.69) is 40.3 Å². The molecule has 6 nitrogen and oxygen atoms in total. The monoisotopic (exact) mass is 474 g/mol. The molecule has 0 spiro atoms. The van der Waals surface area contributed by atoms with Crippen molar-refractivity contribution in [3.05, 3.63) is 108 Å². The van der Waals surface area contributed by atoms with Gasteiger partial charge in [0, 0.05) is 5.92 Å². The van der Waals surface area contributed by atoms with Crippen LogP contribution in [-0.2, 0) is 4.79 Å². The zero-order valence-corrected chi connectivity index (χ0v) is 19.8. The predicted octanol–water partition coefficient (Wildman–Crippen LogP) is 5.83. The first kappa shape index (κ1) is 22.2. The van der Waals surface area contributed by atoms with Gasteiger partial charge in [0.25, 0.3) is 5.91 Å². The number of ether oxygens (including phenoxy) is 1. The van der Waals surface area contributed by atoms with Crippen LogP contribution < -0.4 is 4.74 Å². The van der Waals surface area contributed by atoms with Crippen molar-refractivity contribution in [1.82, 2.24) is 15.0 Å². The number of carbonyl (C=O) groups excluding carboxylic acids is 1. The van der Waals surface area contributed by atoms with E-state index in [4.69, 9.17) is 9.84 Å². The third-order valence-electron chi connectivity index (χ3n) is 6.88. The molecule has 2 aliphatic rings. The summed E-state index contributed by atoms with van der Waals surface area (Å²) in [5.41, 5.74) is 5.23. The third-order valence-corrected chi connectivity index (χ3v) is 6.88. The second-order valence-electron chi connectivity index (χ2n) is 9.14. The topological polar surface area (TPSA) is 67.7 Å². The summed E-state index contributed by atoms with van der Waals surface area (Å²) in [5, 5.41) is 7.36. The molecule has 0 N–H and O–H groups in total. The highest BCUT2D eigenvalue weighted by Crippen LogP contribution is 2.44. The Hall–Kier alpha value is -4.32. The van der Waals surface area contributed by atoms with Gasteiger partial charge in [-0.25, -0.2) is 15.0 Å². The van der Waals surface area contributed by atoms with Crippen molar-refractivity contribution in [2.45, 2.75) is 25.3 Å².